The van der Waals surface area contributed by atoms with Gasteiger partial charge in [0.15, 0.2) is 5.78 Å². The van der Waals surface area contributed by atoms with Crippen LogP contribution in [0.5, 0.6) is 5.75 Å². The largest absolute Gasteiger partial charge is 0.490 e. The number of nitrogens with zero attached hydrogens (tertiary/aromatic N) is 2. The van der Waals surface area contributed by atoms with Gasteiger partial charge in [-0.3, -0.25) is 14.8 Å². The summed E-state index contributed by atoms with van der Waals surface area (Å²) in [5.74, 6) is 1.59. The molecular formula is C30H32N2O2. The summed E-state index contributed by atoms with van der Waals surface area (Å²) in [6.45, 7) is 6.86. The number of aromatic nitrogens is 1. The number of benzene rings is 2. The van der Waals surface area contributed by atoms with E-state index in [1.807, 2.05) is 31.3 Å². The molecule has 1 saturated carbocycles. The Hall–Kier alpha value is -3.27. The lowest BCUT2D eigenvalue weighted by Crippen LogP contribution is -2.27. The molecule has 0 bridgehead atoms. The number of para-hydroxylation sites is 1. The van der Waals surface area contributed by atoms with Crippen LogP contribution in [0.3, 0.4) is 0 Å². The molecule has 1 aliphatic carbocycles. The van der Waals surface area contributed by atoms with Crippen molar-refractivity contribution in [2.45, 2.75) is 65.5 Å². The molecule has 4 heteroatoms. The average molecular weight is 453 g/mol. The number of hydrogen-bond donors (Lipinski definition) is 0. The van der Waals surface area contributed by atoms with Gasteiger partial charge < -0.3 is 4.74 Å². The summed E-state index contributed by atoms with van der Waals surface area (Å²) in [5.41, 5.74) is 8.41. The number of pyridine rings is 1. The topological polar surface area (TPSA) is 51.5 Å². The van der Waals surface area contributed by atoms with Gasteiger partial charge in [0.05, 0.1) is 18.4 Å². The van der Waals surface area contributed by atoms with Gasteiger partial charge in [0, 0.05) is 35.0 Å². The van der Waals surface area contributed by atoms with Gasteiger partial charge in [0.25, 0.3) is 0 Å². The van der Waals surface area contributed by atoms with Crippen LogP contribution >= 0.6 is 0 Å². The Kier molecular flexibility index (Phi) is 6.32. The molecule has 0 amide bonds. The summed E-state index contributed by atoms with van der Waals surface area (Å²) >= 11 is 0. The average Bonchev–Trinajstić information content (AvgIpc) is 3.25. The standard InChI is InChI=1S/C30H32N2O2/c1-19-6-4-7-20(2)30(19)34-26-9-5-8-22(15-26)16-28(33)23-10-11-25-18-32-29(27(25)17-23)24-12-13-31-21(3)14-24/h4,6-7,10-14,17,22,26H,5,8-9,15-16,18H2,1-3H3. The molecule has 0 spiro atoms. The van der Waals surface area contributed by atoms with Gasteiger partial charge in [-0.2, -0.15) is 0 Å². The third-order valence-electron chi connectivity index (χ3n) is 7.17. The zero-order valence-corrected chi connectivity index (χ0v) is 20.3. The van der Waals surface area contributed by atoms with Crippen LogP contribution in [-0.2, 0) is 6.54 Å². The highest BCUT2D eigenvalue weighted by Crippen LogP contribution is 2.33. The number of Topliss-reactive ketones (excluding diaryl/α,β-unsaturated/α-hetero) is 1. The Morgan fingerprint density at radius 1 is 1.03 bits per heavy atom. The van der Waals surface area contributed by atoms with E-state index in [-0.39, 0.29) is 11.9 Å². The molecule has 1 fully saturated rings. The van der Waals surface area contributed by atoms with E-state index in [2.05, 4.69) is 49.2 Å². The highest BCUT2D eigenvalue weighted by molar-refractivity contribution is 6.16. The Bertz CT molecular complexity index is 1240. The van der Waals surface area contributed by atoms with Crippen molar-refractivity contribution in [2.75, 3.05) is 0 Å². The van der Waals surface area contributed by atoms with Crippen LogP contribution in [0, 0.1) is 26.7 Å². The van der Waals surface area contributed by atoms with E-state index in [1.165, 1.54) is 16.7 Å². The van der Waals surface area contributed by atoms with E-state index in [1.54, 1.807) is 0 Å². The van der Waals surface area contributed by atoms with Crippen molar-refractivity contribution in [3.8, 4) is 5.75 Å². The van der Waals surface area contributed by atoms with E-state index in [0.717, 1.165) is 59.5 Å². The first kappa shape index (κ1) is 22.5. The van der Waals surface area contributed by atoms with Crippen LogP contribution in [0.1, 0.15) is 76.0 Å². The van der Waals surface area contributed by atoms with Crippen molar-refractivity contribution >= 4 is 11.5 Å². The number of aliphatic imine (C=N–C) groups is 1. The molecule has 2 unspecified atom stereocenters. The monoisotopic (exact) mass is 452 g/mol. The van der Waals surface area contributed by atoms with Crippen LogP contribution in [0.4, 0.5) is 0 Å². The quantitative estimate of drug-likeness (QED) is 0.398. The van der Waals surface area contributed by atoms with E-state index in [4.69, 9.17) is 9.73 Å². The Morgan fingerprint density at radius 3 is 2.65 bits per heavy atom. The number of hydrogen-bond acceptors (Lipinski definition) is 4. The Labute approximate surface area is 202 Å². The summed E-state index contributed by atoms with van der Waals surface area (Å²) < 4.78 is 6.44. The van der Waals surface area contributed by atoms with Gasteiger partial charge >= 0.3 is 0 Å². The molecule has 3 aromatic rings. The molecular weight excluding hydrogens is 420 g/mol. The summed E-state index contributed by atoms with van der Waals surface area (Å²) in [4.78, 5) is 22.3. The number of fused-ring (bicyclic) bond motifs is 1. The zero-order valence-electron chi connectivity index (χ0n) is 20.3. The van der Waals surface area contributed by atoms with Gasteiger partial charge in [0.1, 0.15) is 5.75 Å². The maximum absolute atomic E-state index is 13.3. The Morgan fingerprint density at radius 2 is 1.85 bits per heavy atom. The molecule has 4 nitrogen and oxygen atoms in total. The first-order valence-corrected chi connectivity index (χ1v) is 12.3. The maximum atomic E-state index is 13.3. The highest BCUT2D eigenvalue weighted by Gasteiger charge is 2.27. The summed E-state index contributed by atoms with van der Waals surface area (Å²) in [6, 6.07) is 16.4. The van der Waals surface area contributed by atoms with E-state index in [0.29, 0.717) is 18.9 Å². The number of rotatable bonds is 6. The number of ether oxygens (including phenoxy) is 1. The van der Waals surface area contributed by atoms with Crippen molar-refractivity contribution in [3.05, 3.63) is 93.8 Å². The molecule has 174 valence electrons. The zero-order chi connectivity index (χ0) is 23.7. The van der Waals surface area contributed by atoms with Crippen LogP contribution in [0.2, 0.25) is 0 Å². The van der Waals surface area contributed by atoms with Gasteiger partial charge in [-0.05, 0) is 87.3 Å². The lowest BCUT2D eigenvalue weighted by atomic mass is 9.82. The van der Waals surface area contributed by atoms with Crippen molar-refractivity contribution in [2.24, 2.45) is 10.9 Å². The molecule has 0 N–H and O–H groups in total. The van der Waals surface area contributed by atoms with E-state index >= 15 is 0 Å². The summed E-state index contributed by atoms with van der Waals surface area (Å²) in [7, 11) is 0. The molecule has 0 radical (unpaired) electrons. The maximum Gasteiger partial charge on any atom is 0.163 e. The minimum atomic E-state index is 0.181. The summed E-state index contributed by atoms with van der Waals surface area (Å²) in [5, 5.41) is 0. The lowest BCUT2D eigenvalue weighted by molar-refractivity contribution is 0.0879. The van der Waals surface area contributed by atoms with Crippen molar-refractivity contribution < 1.29 is 9.53 Å². The van der Waals surface area contributed by atoms with Crippen molar-refractivity contribution in [1.29, 1.82) is 0 Å². The third-order valence-corrected chi connectivity index (χ3v) is 7.17. The fourth-order valence-corrected chi connectivity index (χ4v) is 5.36. The molecule has 2 aliphatic rings. The first-order valence-electron chi connectivity index (χ1n) is 12.3. The fourth-order valence-electron chi connectivity index (χ4n) is 5.36. The number of aryl methyl sites for hydroxylation is 3. The minimum absolute atomic E-state index is 0.181. The van der Waals surface area contributed by atoms with Crippen LogP contribution in [0.15, 0.2) is 59.7 Å². The van der Waals surface area contributed by atoms with Gasteiger partial charge in [0.2, 0.25) is 0 Å². The molecule has 1 aliphatic heterocycles. The van der Waals surface area contributed by atoms with E-state index in [9.17, 15) is 4.79 Å². The molecule has 1 aromatic heterocycles. The fraction of sp³-hybridized carbons (Fsp3) is 0.367. The first-order chi connectivity index (χ1) is 16.5. The van der Waals surface area contributed by atoms with Gasteiger partial charge in [-0.1, -0.05) is 30.3 Å². The Balaban J connectivity index is 1.28. The molecule has 5 rings (SSSR count). The lowest BCUT2D eigenvalue weighted by Gasteiger charge is -2.30. The molecule has 2 atom stereocenters. The van der Waals surface area contributed by atoms with Crippen LogP contribution in [0.25, 0.3) is 0 Å². The third kappa shape index (κ3) is 4.68. The van der Waals surface area contributed by atoms with Crippen LogP contribution < -0.4 is 4.74 Å². The second-order valence-electron chi connectivity index (χ2n) is 9.84. The number of carbonyl (C=O) groups is 1. The minimum Gasteiger partial charge on any atom is -0.490 e. The molecule has 2 heterocycles. The van der Waals surface area contributed by atoms with Crippen molar-refractivity contribution in [1.82, 2.24) is 4.98 Å². The smallest absolute Gasteiger partial charge is 0.163 e. The highest BCUT2D eigenvalue weighted by atomic mass is 16.5. The van der Waals surface area contributed by atoms with E-state index < -0.39 is 0 Å². The summed E-state index contributed by atoms with van der Waals surface area (Å²) in [6.07, 6.45) is 6.77. The predicted molar refractivity (Wildman–Crippen MR) is 136 cm³/mol. The molecule has 34 heavy (non-hydrogen) atoms. The van der Waals surface area contributed by atoms with Gasteiger partial charge in [-0.25, -0.2) is 0 Å². The SMILES string of the molecule is Cc1cc(C2=NCc3ccc(C(=O)CC4CCCC(Oc5c(C)cccc5C)C4)cc32)ccn1. The number of ketones is 1. The second-order valence-corrected chi connectivity index (χ2v) is 9.84. The predicted octanol–water partition coefficient (Wildman–Crippen LogP) is 6.57. The number of carbonyl (C=O) groups excluding carboxylic acids is 1. The van der Waals surface area contributed by atoms with Gasteiger partial charge in [-0.15, -0.1) is 0 Å². The molecule has 2 aromatic carbocycles. The normalized spacial score (nSPS) is 19.4. The molecule has 0 saturated heterocycles. The van der Waals surface area contributed by atoms with Crippen molar-refractivity contribution in [3.63, 3.8) is 0 Å². The van der Waals surface area contributed by atoms with Crippen LogP contribution in [-0.4, -0.2) is 22.6 Å². The second kappa shape index (κ2) is 9.54.